The van der Waals surface area contributed by atoms with Crippen LogP contribution in [0.5, 0.6) is 0 Å². The minimum Gasteiger partial charge on any atom is -0.461 e. The summed E-state index contributed by atoms with van der Waals surface area (Å²) in [4.78, 5) is 16.6. The van der Waals surface area contributed by atoms with Crippen LogP contribution in [0.25, 0.3) is 11.6 Å². The SMILES string of the molecule is O=C(NCCc1nc(-c2ccco2)n[nH]1)Nc1cccc(CS(=O)Cc2ccccc2)c1. The Labute approximate surface area is 187 Å². The molecule has 0 bridgehead atoms. The molecule has 8 nitrogen and oxygen atoms in total. The lowest BCUT2D eigenvalue weighted by Crippen LogP contribution is -2.30. The maximum atomic E-state index is 12.5. The van der Waals surface area contributed by atoms with Crippen molar-refractivity contribution < 1.29 is 13.4 Å². The van der Waals surface area contributed by atoms with Crippen molar-refractivity contribution in [3.05, 3.63) is 89.9 Å². The summed E-state index contributed by atoms with van der Waals surface area (Å²) in [7, 11) is -1.03. The lowest BCUT2D eigenvalue weighted by atomic mass is 10.2. The number of nitrogens with one attached hydrogen (secondary N) is 3. The van der Waals surface area contributed by atoms with E-state index in [1.54, 1.807) is 24.5 Å². The van der Waals surface area contributed by atoms with Gasteiger partial charge in [0.2, 0.25) is 5.82 Å². The highest BCUT2D eigenvalue weighted by Gasteiger charge is 2.09. The summed E-state index contributed by atoms with van der Waals surface area (Å²) >= 11 is 0. The standard InChI is InChI=1S/C23H23N5O3S/c29-23(24-12-11-21-26-22(28-27-21)20-10-5-13-31-20)25-19-9-4-8-18(14-19)16-32(30)15-17-6-2-1-3-7-17/h1-10,13-14H,11-12,15-16H2,(H2,24,25,29)(H,26,27,28). The monoisotopic (exact) mass is 449 g/mol. The number of aromatic nitrogens is 3. The fourth-order valence-corrected chi connectivity index (χ4v) is 4.35. The van der Waals surface area contributed by atoms with Gasteiger partial charge in [0, 0.05) is 41.0 Å². The summed E-state index contributed by atoms with van der Waals surface area (Å²) in [5.74, 6) is 2.65. The Morgan fingerprint density at radius 1 is 1.00 bits per heavy atom. The van der Waals surface area contributed by atoms with Crippen LogP contribution in [0.4, 0.5) is 10.5 Å². The molecule has 2 aromatic heterocycles. The predicted molar refractivity (Wildman–Crippen MR) is 123 cm³/mol. The third-order valence-electron chi connectivity index (χ3n) is 4.60. The number of anilines is 1. The Morgan fingerprint density at radius 2 is 1.81 bits per heavy atom. The van der Waals surface area contributed by atoms with E-state index in [0.717, 1.165) is 11.1 Å². The van der Waals surface area contributed by atoms with Crippen LogP contribution in [-0.4, -0.2) is 32.0 Å². The molecule has 0 aliphatic rings. The second kappa shape index (κ2) is 10.5. The van der Waals surface area contributed by atoms with Crippen molar-refractivity contribution in [3.63, 3.8) is 0 Å². The van der Waals surface area contributed by atoms with E-state index in [9.17, 15) is 9.00 Å². The molecule has 0 fully saturated rings. The minimum atomic E-state index is -1.03. The summed E-state index contributed by atoms with van der Waals surface area (Å²) in [6, 6.07) is 20.4. The number of urea groups is 1. The third-order valence-corrected chi connectivity index (χ3v) is 5.91. The van der Waals surface area contributed by atoms with Gasteiger partial charge in [0.15, 0.2) is 5.76 Å². The number of aromatic amines is 1. The van der Waals surface area contributed by atoms with E-state index in [1.807, 2.05) is 48.5 Å². The van der Waals surface area contributed by atoms with Gasteiger partial charge in [-0.15, -0.1) is 0 Å². The first-order valence-corrected chi connectivity index (χ1v) is 11.6. The van der Waals surface area contributed by atoms with E-state index in [2.05, 4.69) is 25.8 Å². The topological polar surface area (TPSA) is 113 Å². The number of hydrogen-bond donors (Lipinski definition) is 3. The van der Waals surface area contributed by atoms with Gasteiger partial charge in [0.1, 0.15) is 5.82 Å². The zero-order valence-electron chi connectivity index (χ0n) is 17.3. The molecule has 9 heteroatoms. The Balaban J connectivity index is 1.23. The van der Waals surface area contributed by atoms with Crippen LogP contribution in [0.3, 0.4) is 0 Å². The zero-order valence-corrected chi connectivity index (χ0v) is 18.1. The average molecular weight is 450 g/mol. The maximum absolute atomic E-state index is 12.5. The smallest absolute Gasteiger partial charge is 0.319 e. The van der Waals surface area contributed by atoms with Gasteiger partial charge in [0.25, 0.3) is 0 Å². The summed E-state index contributed by atoms with van der Waals surface area (Å²) in [6.45, 7) is 0.388. The molecule has 2 aromatic carbocycles. The van der Waals surface area contributed by atoms with Crippen LogP contribution in [0, 0.1) is 0 Å². The first kappa shape index (κ1) is 21.5. The largest absolute Gasteiger partial charge is 0.461 e. The van der Waals surface area contributed by atoms with Crippen molar-refractivity contribution in [2.24, 2.45) is 0 Å². The molecule has 4 rings (SSSR count). The molecule has 0 radical (unpaired) electrons. The van der Waals surface area contributed by atoms with E-state index in [4.69, 9.17) is 4.42 Å². The van der Waals surface area contributed by atoms with E-state index >= 15 is 0 Å². The molecule has 1 atom stereocenters. The van der Waals surface area contributed by atoms with E-state index in [0.29, 0.717) is 47.6 Å². The number of nitrogens with zero attached hydrogens (tertiary/aromatic N) is 2. The predicted octanol–water partition coefficient (Wildman–Crippen LogP) is 3.88. The lowest BCUT2D eigenvalue weighted by molar-refractivity contribution is 0.252. The van der Waals surface area contributed by atoms with Gasteiger partial charge in [-0.25, -0.2) is 9.78 Å². The normalized spacial score (nSPS) is 11.8. The molecule has 0 aliphatic heterocycles. The number of furan rings is 1. The van der Waals surface area contributed by atoms with Crippen molar-refractivity contribution >= 4 is 22.5 Å². The molecule has 0 saturated heterocycles. The van der Waals surface area contributed by atoms with Gasteiger partial charge in [0.05, 0.1) is 6.26 Å². The lowest BCUT2D eigenvalue weighted by Gasteiger charge is -2.09. The quantitative estimate of drug-likeness (QED) is 0.359. The van der Waals surface area contributed by atoms with Crippen molar-refractivity contribution in [1.29, 1.82) is 0 Å². The number of benzene rings is 2. The first-order chi connectivity index (χ1) is 15.7. The molecule has 2 heterocycles. The summed E-state index contributed by atoms with van der Waals surface area (Å²) in [6.07, 6.45) is 2.06. The highest BCUT2D eigenvalue weighted by molar-refractivity contribution is 7.83. The first-order valence-electron chi connectivity index (χ1n) is 10.1. The highest BCUT2D eigenvalue weighted by Crippen LogP contribution is 2.15. The second-order valence-corrected chi connectivity index (χ2v) is 8.59. The Morgan fingerprint density at radius 3 is 2.62 bits per heavy atom. The van der Waals surface area contributed by atoms with E-state index in [-0.39, 0.29) is 6.03 Å². The minimum absolute atomic E-state index is 0.321. The Hall–Kier alpha value is -3.72. The van der Waals surface area contributed by atoms with Gasteiger partial charge >= 0.3 is 6.03 Å². The Kier molecular flexibility index (Phi) is 7.08. The zero-order chi connectivity index (χ0) is 22.2. The number of H-pyrrole nitrogens is 1. The number of hydrogen-bond acceptors (Lipinski definition) is 5. The molecule has 32 heavy (non-hydrogen) atoms. The van der Waals surface area contributed by atoms with Crippen LogP contribution in [0.2, 0.25) is 0 Å². The van der Waals surface area contributed by atoms with Gasteiger partial charge < -0.3 is 15.1 Å². The van der Waals surface area contributed by atoms with Gasteiger partial charge in [-0.1, -0.05) is 42.5 Å². The summed E-state index contributed by atoms with van der Waals surface area (Å²) in [5.41, 5.74) is 2.60. The van der Waals surface area contributed by atoms with E-state index < -0.39 is 10.8 Å². The van der Waals surface area contributed by atoms with Crippen molar-refractivity contribution in [2.75, 3.05) is 11.9 Å². The summed E-state index contributed by atoms with van der Waals surface area (Å²) < 4.78 is 17.7. The van der Waals surface area contributed by atoms with Crippen LogP contribution in [0.15, 0.2) is 77.4 Å². The van der Waals surface area contributed by atoms with Crippen LogP contribution < -0.4 is 10.6 Å². The fourth-order valence-electron chi connectivity index (χ4n) is 3.13. The molecule has 3 N–H and O–H groups in total. The second-order valence-electron chi connectivity index (χ2n) is 7.13. The number of rotatable bonds is 9. The molecule has 0 saturated carbocycles. The molecular formula is C23H23N5O3S. The average Bonchev–Trinajstić information content (AvgIpc) is 3.47. The van der Waals surface area contributed by atoms with E-state index in [1.165, 1.54) is 0 Å². The van der Waals surface area contributed by atoms with Crippen molar-refractivity contribution in [1.82, 2.24) is 20.5 Å². The van der Waals surface area contributed by atoms with Gasteiger partial charge in [-0.2, -0.15) is 5.10 Å². The molecule has 0 spiro atoms. The van der Waals surface area contributed by atoms with Gasteiger partial charge in [-0.3, -0.25) is 9.31 Å². The summed E-state index contributed by atoms with van der Waals surface area (Å²) in [5, 5.41) is 12.5. The number of carbonyl (C=O) groups is 1. The number of amides is 2. The molecule has 1 unspecified atom stereocenters. The maximum Gasteiger partial charge on any atom is 0.319 e. The molecule has 164 valence electrons. The molecule has 4 aromatic rings. The third kappa shape index (κ3) is 6.14. The van der Waals surface area contributed by atoms with Crippen molar-refractivity contribution in [2.45, 2.75) is 17.9 Å². The van der Waals surface area contributed by atoms with Crippen LogP contribution in [-0.2, 0) is 28.7 Å². The molecule has 2 amide bonds. The molecular weight excluding hydrogens is 426 g/mol. The fraction of sp³-hybridized carbons (Fsp3) is 0.174. The van der Waals surface area contributed by atoms with Crippen LogP contribution in [0.1, 0.15) is 17.0 Å². The Bertz CT molecular complexity index is 1180. The number of carbonyl (C=O) groups excluding carboxylic acids is 1. The van der Waals surface area contributed by atoms with Gasteiger partial charge in [-0.05, 0) is 35.4 Å². The molecule has 0 aliphatic carbocycles. The van der Waals surface area contributed by atoms with Crippen molar-refractivity contribution in [3.8, 4) is 11.6 Å². The highest BCUT2D eigenvalue weighted by atomic mass is 32.2. The van der Waals surface area contributed by atoms with Crippen LogP contribution >= 0.6 is 0 Å².